The Labute approximate surface area is 216 Å². The van der Waals surface area contributed by atoms with Gasteiger partial charge in [-0.3, -0.25) is 14.1 Å². The molecule has 0 radical (unpaired) electrons. The molecule has 11 heteroatoms. The molecule has 4 aromatic rings. The molecule has 2 heterocycles. The second-order valence-corrected chi connectivity index (χ2v) is 11.2. The molecule has 3 N–H and O–H groups in total. The first-order chi connectivity index (χ1) is 16.7. The van der Waals surface area contributed by atoms with E-state index in [0.717, 1.165) is 26.7 Å². The van der Waals surface area contributed by atoms with Gasteiger partial charge in [0.15, 0.2) is 0 Å². The van der Waals surface area contributed by atoms with E-state index in [1.165, 1.54) is 11.3 Å². The van der Waals surface area contributed by atoms with Crippen LogP contribution in [0.15, 0.2) is 71.4 Å². The molecule has 182 valence electrons. The van der Waals surface area contributed by atoms with Gasteiger partial charge in [0, 0.05) is 16.8 Å². The summed E-state index contributed by atoms with van der Waals surface area (Å²) in [7, 11) is -4.35. The lowest BCUT2D eigenvalue weighted by Crippen LogP contribution is -2.30. The Hall–Kier alpha value is -2.76. The quantitative estimate of drug-likeness (QED) is 0.218. The van der Waals surface area contributed by atoms with Gasteiger partial charge >= 0.3 is 10.3 Å². The van der Waals surface area contributed by atoms with E-state index in [4.69, 9.17) is 21.1 Å². The third-order valence-corrected chi connectivity index (χ3v) is 7.74. The Morgan fingerprint density at radius 1 is 1.06 bits per heavy atom. The number of hydrogen-bond acceptors (Lipinski definition) is 6. The van der Waals surface area contributed by atoms with Gasteiger partial charge in [-0.25, -0.2) is 4.98 Å². The number of halogens is 1. The number of amides is 1. The number of aromatic nitrogens is 1. The van der Waals surface area contributed by atoms with Crippen LogP contribution < -0.4 is 10.0 Å². The third-order valence-electron chi connectivity index (χ3n) is 5.12. The van der Waals surface area contributed by atoms with Gasteiger partial charge in [0.05, 0.1) is 22.3 Å². The second-order valence-electron chi connectivity index (χ2n) is 7.78. The molecule has 0 fully saturated rings. The molecule has 0 bridgehead atoms. The maximum atomic E-state index is 12.9. The zero-order chi connectivity index (χ0) is 24.8. The predicted octanol–water partition coefficient (Wildman–Crippen LogP) is 5.77. The van der Waals surface area contributed by atoms with Crippen molar-refractivity contribution in [3.63, 3.8) is 0 Å². The fourth-order valence-electron chi connectivity index (χ4n) is 3.50. The van der Waals surface area contributed by atoms with Crippen LogP contribution in [0.2, 0.25) is 5.02 Å². The summed E-state index contributed by atoms with van der Waals surface area (Å²) in [4.78, 5) is 18.7. The highest BCUT2D eigenvalue weighted by Gasteiger charge is 2.19. The maximum Gasteiger partial charge on any atom is 0.357 e. The number of nitrogens with one attached hydrogen (secondary N) is 2. The zero-order valence-corrected chi connectivity index (χ0v) is 21.6. The van der Waals surface area contributed by atoms with E-state index in [1.807, 2.05) is 45.8 Å². The summed E-state index contributed by atoms with van der Waals surface area (Å²) >= 11 is 9.18. The number of aryl methyl sites for hydroxylation is 1. The topological polar surface area (TPSA) is 108 Å². The van der Waals surface area contributed by atoms with E-state index >= 15 is 0 Å². The Kier molecular flexibility index (Phi) is 8.19. The Morgan fingerprint density at radius 3 is 2.54 bits per heavy atom. The van der Waals surface area contributed by atoms with Gasteiger partial charge in [-0.2, -0.15) is 8.42 Å². The summed E-state index contributed by atoms with van der Waals surface area (Å²) in [6, 6.07) is 17.6. The molecule has 1 amide bonds. The first kappa shape index (κ1) is 25.3. The highest BCUT2D eigenvalue weighted by Crippen LogP contribution is 2.31. The number of anilines is 1. The number of benzene rings is 2. The van der Waals surface area contributed by atoms with Crippen LogP contribution in [0.1, 0.15) is 29.3 Å². The zero-order valence-electron chi connectivity index (χ0n) is 18.3. The van der Waals surface area contributed by atoms with Crippen molar-refractivity contribution >= 4 is 56.2 Å². The first-order valence-corrected chi connectivity index (χ1v) is 14.2. The highest BCUT2D eigenvalue weighted by molar-refractivity contribution is 7.87. The molecule has 1 atom stereocenters. The molecular weight excluding hydrogens is 526 g/mol. The fraction of sp³-hybridized carbons (Fsp3) is 0.167. The average Bonchev–Trinajstić information content (AvgIpc) is 3.50. The van der Waals surface area contributed by atoms with Gasteiger partial charge in [0.1, 0.15) is 5.01 Å². The van der Waals surface area contributed by atoms with Crippen molar-refractivity contribution in [2.24, 2.45) is 0 Å². The van der Waals surface area contributed by atoms with Gasteiger partial charge in [0.25, 0.3) is 0 Å². The second kappa shape index (κ2) is 11.3. The number of hydrogen-bond donors (Lipinski definition) is 3. The molecule has 0 aliphatic heterocycles. The minimum Gasteiger partial charge on any atom is -0.347 e. The Morgan fingerprint density at radius 2 is 1.86 bits per heavy atom. The summed E-state index contributed by atoms with van der Waals surface area (Å²) in [6.07, 6.45) is 1.32. The highest BCUT2D eigenvalue weighted by atomic mass is 35.5. The SMILES string of the molecule is O=C(CCc1cccc(Cl)c1)NC(Cc1ccc(NS(=O)(=O)O)cc1)c1csc(-c2cccs2)n1. The molecule has 0 spiro atoms. The average molecular weight is 548 g/mol. The van der Waals surface area contributed by atoms with E-state index < -0.39 is 10.3 Å². The minimum absolute atomic E-state index is 0.106. The first-order valence-electron chi connectivity index (χ1n) is 10.6. The fourth-order valence-corrected chi connectivity index (χ4v) is 5.83. The monoisotopic (exact) mass is 547 g/mol. The number of carbonyl (C=O) groups excluding carboxylic acids is 1. The van der Waals surface area contributed by atoms with Crippen LogP contribution in [0.3, 0.4) is 0 Å². The third kappa shape index (κ3) is 7.61. The smallest absolute Gasteiger partial charge is 0.347 e. The molecule has 0 saturated carbocycles. The maximum absolute atomic E-state index is 12.9. The minimum atomic E-state index is -4.35. The van der Waals surface area contributed by atoms with E-state index in [2.05, 4.69) is 5.32 Å². The van der Waals surface area contributed by atoms with Crippen molar-refractivity contribution in [3.05, 3.63) is 93.3 Å². The molecule has 0 aliphatic carbocycles. The van der Waals surface area contributed by atoms with Crippen molar-refractivity contribution in [3.8, 4) is 9.88 Å². The van der Waals surface area contributed by atoms with Gasteiger partial charge in [0.2, 0.25) is 5.91 Å². The van der Waals surface area contributed by atoms with Crippen LogP contribution >= 0.6 is 34.3 Å². The van der Waals surface area contributed by atoms with E-state index in [1.54, 1.807) is 41.7 Å². The van der Waals surface area contributed by atoms with Crippen molar-refractivity contribution in [2.45, 2.75) is 25.3 Å². The lowest BCUT2D eigenvalue weighted by Gasteiger charge is -2.18. The summed E-state index contributed by atoms with van der Waals surface area (Å²) in [5, 5.41) is 8.57. The molecule has 7 nitrogen and oxygen atoms in total. The molecule has 0 saturated heterocycles. The van der Waals surface area contributed by atoms with Crippen LogP contribution in [0, 0.1) is 0 Å². The van der Waals surface area contributed by atoms with Crippen LogP contribution in [0.5, 0.6) is 0 Å². The predicted molar refractivity (Wildman–Crippen MR) is 141 cm³/mol. The van der Waals surface area contributed by atoms with Crippen molar-refractivity contribution in [1.82, 2.24) is 10.3 Å². The number of nitrogens with zero attached hydrogens (tertiary/aromatic N) is 1. The van der Waals surface area contributed by atoms with Gasteiger partial charge < -0.3 is 5.32 Å². The molecule has 1 unspecified atom stereocenters. The van der Waals surface area contributed by atoms with Crippen molar-refractivity contribution < 1.29 is 17.8 Å². The summed E-state index contributed by atoms with van der Waals surface area (Å²) < 4.78 is 33.1. The molecular formula is C24H22ClN3O4S3. The molecule has 35 heavy (non-hydrogen) atoms. The van der Waals surface area contributed by atoms with Crippen molar-refractivity contribution in [1.29, 1.82) is 0 Å². The lowest BCUT2D eigenvalue weighted by molar-refractivity contribution is -0.121. The summed E-state index contributed by atoms with van der Waals surface area (Å²) in [6.45, 7) is 0. The summed E-state index contributed by atoms with van der Waals surface area (Å²) in [5.74, 6) is -0.106. The van der Waals surface area contributed by atoms with Gasteiger partial charge in [-0.05, 0) is 59.7 Å². The number of carbonyl (C=O) groups is 1. The van der Waals surface area contributed by atoms with E-state index in [9.17, 15) is 13.2 Å². The van der Waals surface area contributed by atoms with Crippen molar-refractivity contribution in [2.75, 3.05) is 4.72 Å². The molecule has 4 rings (SSSR count). The number of rotatable bonds is 10. The molecule has 2 aromatic carbocycles. The Balaban J connectivity index is 1.49. The van der Waals surface area contributed by atoms with E-state index in [-0.39, 0.29) is 17.6 Å². The van der Waals surface area contributed by atoms with E-state index in [0.29, 0.717) is 24.3 Å². The summed E-state index contributed by atoms with van der Waals surface area (Å²) in [5.41, 5.74) is 2.86. The molecule has 2 aromatic heterocycles. The van der Waals surface area contributed by atoms with Gasteiger partial charge in [-0.1, -0.05) is 41.9 Å². The molecule has 0 aliphatic rings. The number of thiazole rings is 1. The van der Waals surface area contributed by atoms with Crippen LogP contribution in [0.4, 0.5) is 5.69 Å². The largest absolute Gasteiger partial charge is 0.357 e. The number of thiophene rings is 1. The standard InChI is InChI=1S/C24H22ClN3O4S3/c25-18-4-1-3-16(13-18)8-11-23(29)26-20(21-15-34-24(27-21)22-5-2-12-33-22)14-17-6-9-19(10-7-17)28-35(30,31)32/h1-7,9-10,12-13,15,20,28H,8,11,14H2,(H,26,29)(H,30,31,32). The van der Waals surface area contributed by atoms with Gasteiger partial charge in [-0.15, -0.1) is 22.7 Å². The Bertz CT molecular complexity index is 1390. The van der Waals surface area contributed by atoms with Crippen LogP contribution in [0.25, 0.3) is 9.88 Å². The van der Waals surface area contributed by atoms with Crippen LogP contribution in [-0.2, 0) is 27.9 Å². The lowest BCUT2D eigenvalue weighted by atomic mass is 10.0. The normalized spacial score (nSPS) is 12.3. The van der Waals surface area contributed by atoms with Crippen LogP contribution in [-0.4, -0.2) is 23.9 Å².